The third-order valence-corrected chi connectivity index (χ3v) is 19.1. The molecule has 4 fully saturated rings. The fourth-order valence-corrected chi connectivity index (χ4v) is 12.4. The van der Waals surface area contributed by atoms with Gasteiger partial charge in [0.1, 0.15) is 0 Å². The van der Waals surface area contributed by atoms with Gasteiger partial charge >= 0.3 is 264 Å². The Bertz CT molecular complexity index is 1080. The number of benzene rings is 1. The molecule has 0 N–H and O–H groups in total. The quantitative estimate of drug-likeness (QED) is 0.213. The zero-order chi connectivity index (χ0) is 30.4. The molecule has 3 aliphatic carbocycles. The molecule has 0 radical (unpaired) electrons. The van der Waals surface area contributed by atoms with Crippen molar-refractivity contribution in [1.82, 2.24) is 0 Å². The van der Waals surface area contributed by atoms with Crippen molar-refractivity contribution in [2.24, 2.45) is 28.6 Å². The summed E-state index contributed by atoms with van der Waals surface area (Å²) < 4.78 is 27.7. The maximum absolute atomic E-state index is 12.7. The summed E-state index contributed by atoms with van der Waals surface area (Å²) in [6.07, 6.45) is 8.84. The minimum atomic E-state index is -1.87. The molecule has 1 heterocycles. The van der Waals surface area contributed by atoms with Gasteiger partial charge in [0.25, 0.3) is 0 Å². The molecule has 1 saturated heterocycles. The van der Waals surface area contributed by atoms with Crippen molar-refractivity contribution >= 4 is 33.7 Å². The first-order chi connectivity index (χ1) is 19.7. The minimum absolute atomic E-state index is 0.0848. The Morgan fingerprint density at radius 3 is 2.31 bits per heavy atom. The van der Waals surface area contributed by atoms with Crippen molar-refractivity contribution in [3.8, 4) is 0 Å². The molecular formula is C35H56O5SeSi. The third-order valence-electron chi connectivity index (χ3n) is 12.4. The average molecular weight is 664 g/mol. The van der Waals surface area contributed by atoms with Gasteiger partial charge in [0, 0.05) is 0 Å². The SMILES string of the molecule is CC(=O)O[C@H]1C2CCC3(OCCO3)[C@@]2(C)CCC1[C@@]1(C)CC[C@H](O[Si](C)(C)C(C)(C)C)C[C@@H]1CC[Se]c1ccccc1. The van der Waals surface area contributed by atoms with Crippen LogP contribution in [0.3, 0.4) is 0 Å². The molecule has 5 nitrogen and oxygen atoms in total. The van der Waals surface area contributed by atoms with Gasteiger partial charge in [0.15, 0.2) is 0 Å². The van der Waals surface area contributed by atoms with Crippen molar-refractivity contribution in [1.29, 1.82) is 0 Å². The van der Waals surface area contributed by atoms with Crippen LogP contribution >= 0.6 is 0 Å². The van der Waals surface area contributed by atoms with E-state index in [0.717, 1.165) is 44.9 Å². The molecule has 0 bridgehead atoms. The first kappa shape index (κ1) is 32.7. The topological polar surface area (TPSA) is 54.0 Å². The summed E-state index contributed by atoms with van der Waals surface area (Å²) in [5.74, 6) is 0.512. The molecule has 1 spiro atoms. The predicted molar refractivity (Wildman–Crippen MR) is 173 cm³/mol. The van der Waals surface area contributed by atoms with Crippen molar-refractivity contribution in [2.75, 3.05) is 13.2 Å². The number of hydrogen-bond acceptors (Lipinski definition) is 5. The van der Waals surface area contributed by atoms with Crippen LogP contribution in [0, 0.1) is 28.6 Å². The Morgan fingerprint density at radius 2 is 1.67 bits per heavy atom. The van der Waals surface area contributed by atoms with E-state index in [0.29, 0.717) is 46.1 Å². The van der Waals surface area contributed by atoms with E-state index in [1.807, 2.05) is 0 Å². The van der Waals surface area contributed by atoms with Gasteiger partial charge in [-0.3, -0.25) is 0 Å². The number of rotatable bonds is 8. The molecule has 0 aromatic heterocycles. The average Bonchev–Trinajstić information content (AvgIpc) is 3.51. The van der Waals surface area contributed by atoms with Gasteiger partial charge in [-0.15, -0.1) is 0 Å². The van der Waals surface area contributed by atoms with E-state index in [2.05, 4.69) is 78.0 Å². The van der Waals surface area contributed by atoms with E-state index in [1.54, 1.807) is 6.92 Å². The summed E-state index contributed by atoms with van der Waals surface area (Å²) in [5, 5.41) is 1.44. The van der Waals surface area contributed by atoms with Crippen LogP contribution in [0.4, 0.5) is 0 Å². The second-order valence-corrected chi connectivity index (χ2v) is 22.9. The molecule has 1 aromatic carbocycles. The van der Waals surface area contributed by atoms with Crippen molar-refractivity contribution < 1.29 is 23.4 Å². The number of ether oxygens (including phenoxy) is 3. The van der Waals surface area contributed by atoms with Crippen LogP contribution in [-0.4, -0.2) is 60.5 Å². The Labute approximate surface area is 262 Å². The Kier molecular flexibility index (Phi) is 9.53. The van der Waals surface area contributed by atoms with Crippen LogP contribution in [0.25, 0.3) is 0 Å². The van der Waals surface area contributed by atoms with Gasteiger partial charge in [0.2, 0.25) is 0 Å². The van der Waals surface area contributed by atoms with Crippen LogP contribution in [0.5, 0.6) is 0 Å². The van der Waals surface area contributed by atoms with E-state index >= 15 is 0 Å². The third kappa shape index (κ3) is 6.09. The van der Waals surface area contributed by atoms with Crippen LogP contribution in [-0.2, 0) is 23.4 Å². The van der Waals surface area contributed by atoms with E-state index in [-0.39, 0.29) is 33.9 Å². The standard InChI is InChI=1S/C35H56O5SeSi/c1-25(36)39-31-29(15-19-34(6)30(31)16-20-35(34)37-21-22-38-35)33(5)18-14-27(40-42(7,8)32(2,3)4)24-26(33)17-23-41-28-12-10-9-11-13-28/h9-13,26-27,29-31H,14-24H2,1-8H3/t26-,27-,29?,30?,31+,33-,34-/m0/s1. The van der Waals surface area contributed by atoms with Crippen LogP contribution in [0.15, 0.2) is 30.3 Å². The van der Waals surface area contributed by atoms with E-state index in [4.69, 9.17) is 18.6 Å². The molecular weight excluding hydrogens is 607 g/mol. The Balaban J connectivity index is 1.41. The second-order valence-electron chi connectivity index (χ2n) is 15.7. The van der Waals surface area contributed by atoms with Gasteiger partial charge in [-0.1, -0.05) is 0 Å². The molecule has 42 heavy (non-hydrogen) atoms. The van der Waals surface area contributed by atoms with Crippen molar-refractivity contribution in [2.45, 2.75) is 134 Å². The first-order valence-electron chi connectivity index (χ1n) is 16.5. The fourth-order valence-electron chi connectivity index (χ4n) is 8.88. The Morgan fingerprint density at radius 1 is 1.00 bits per heavy atom. The number of carbonyl (C=O) groups excluding carboxylic acids is 1. The first-order valence-corrected chi connectivity index (χ1v) is 21.5. The van der Waals surface area contributed by atoms with Gasteiger partial charge in [-0.05, 0) is 0 Å². The van der Waals surface area contributed by atoms with Gasteiger partial charge in [-0.25, -0.2) is 0 Å². The molecule has 236 valence electrons. The van der Waals surface area contributed by atoms with Crippen LogP contribution in [0.1, 0.15) is 92.9 Å². The molecule has 2 unspecified atom stereocenters. The summed E-state index contributed by atoms with van der Waals surface area (Å²) in [7, 11) is -1.87. The van der Waals surface area contributed by atoms with Gasteiger partial charge in [-0.2, -0.15) is 0 Å². The molecule has 3 saturated carbocycles. The number of carbonyl (C=O) groups is 1. The van der Waals surface area contributed by atoms with Crippen LogP contribution < -0.4 is 4.46 Å². The van der Waals surface area contributed by atoms with Gasteiger partial charge in [0.05, 0.1) is 0 Å². The summed E-state index contributed by atoms with van der Waals surface area (Å²) in [5.41, 5.74) is -0.0142. The zero-order valence-corrected chi connectivity index (χ0v) is 30.2. The van der Waals surface area contributed by atoms with E-state index in [1.165, 1.54) is 16.2 Å². The van der Waals surface area contributed by atoms with Crippen molar-refractivity contribution in [3.05, 3.63) is 30.3 Å². The molecule has 1 aromatic rings. The van der Waals surface area contributed by atoms with Crippen LogP contribution in [0.2, 0.25) is 23.5 Å². The van der Waals surface area contributed by atoms with Crippen molar-refractivity contribution in [3.63, 3.8) is 0 Å². The summed E-state index contributed by atoms with van der Waals surface area (Å²) >= 11 is 0.463. The molecule has 0 amide bonds. The zero-order valence-electron chi connectivity index (χ0n) is 27.5. The molecule has 4 aliphatic rings. The molecule has 7 heteroatoms. The predicted octanol–water partition coefficient (Wildman–Crippen LogP) is 7.52. The normalized spacial score (nSPS) is 36.6. The molecule has 7 atom stereocenters. The molecule has 1 aliphatic heterocycles. The van der Waals surface area contributed by atoms with E-state index < -0.39 is 14.1 Å². The fraction of sp³-hybridized carbons (Fsp3) is 0.800. The molecule has 5 rings (SSSR count). The maximum atomic E-state index is 12.7. The summed E-state index contributed by atoms with van der Waals surface area (Å²) in [6, 6.07) is 11.0. The number of esters is 1. The Hall–Kier alpha value is -0.694. The second kappa shape index (κ2) is 12.2. The number of fused-ring (bicyclic) bond motifs is 2. The van der Waals surface area contributed by atoms with E-state index in [9.17, 15) is 4.79 Å². The summed E-state index contributed by atoms with van der Waals surface area (Å²) in [6.45, 7) is 19.7. The summed E-state index contributed by atoms with van der Waals surface area (Å²) in [4.78, 5) is 12.7. The number of hydrogen-bond donors (Lipinski definition) is 0. The monoisotopic (exact) mass is 664 g/mol. The van der Waals surface area contributed by atoms with Gasteiger partial charge < -0.3 is 0 Å².